The van der Waals surface area contributed by atoms with Gasteiger partial charge in [0.05, 0.1) is 18.0 Å². The van der Waals surface area contributed by atoms with Crippen molar-refractivity contribution in [3.8, 4) is 0 Å². The molecule has 1 aromatic heterocycles. The molecule has 0 spiro atoms. The van der Waals surface area contributed by atoms with Crippen molar-refractivity contribution < 1.29 is 10.3 Å². The van der Waals surface area contributed by atoms with Crippen LogP contribution in [0, 0.1) is 10.4 Å². The van der Waals surface area contributed by atoms with Crippen LogP contribution in [0.1, 0.15) is 36.8 Å². The van der Waals surface area contributed by atoms with Gasteiger partial charge in [0.2, 0.25) is 5.82 Å². The van der Waals surface area contributed by atoms with Crippen molar-refractivity contribution in [3.05, 3.63) is 111 Å². The van der Waals surface area contributed by atoms with Crippen LogP contribution in [0.2, 0.25) is 0 Å². The minimum absolute atomic E-state index is 0.0882. The van der Waals surface area contributed by atoms with Gasteiger partial charge >= 0.3 is 0 Å². The van der Waals surface area contributed by atoms with Gasteiger partial charge in [-0.3, -0.25) is 5.21 Å². The lowest BCUT2D eigenvalue weighted by Gasteiger charge is -2.16. The minimum atomic E-state index is -0.0882. The van der Waals surface area contributed by atoms with Gasteiger partial charge in [-0.25, -0.2) is 10.0 Å². The van der Waals surface area contributed by atoms with E-state index in [2.05, 4.69) is 55.3 Å². The number of unbranched alkanes of at least 4 members (excludes halogenated alkanes) is 1. The van der Waals surface area contributed by atoms with Crippen LogP contribution in [0.5, 0.6) is 0 Å². The van der Waals surface area contributed by atoms with E-state index in [0.29, 0.717) is 23.8 Å². The zero-order valence-electron chi connectivity index (χ0n) is 20.0. The number of allylic oxidation sites excluding steroid dienone is 2. The number of hydrogen-bond acceptors (Lipinski definition) is 8. The van der Waals surface area contributed by atoms with E-state index in [4.69, 9.17) is 0 Å². The zero-order valence-corrected chi connectivity index (χ0v) is 20.0. The number of benzene rings is 2. The molecule has 0 fully saturated rings. The molecule has 9 nitrogen and oxygen atoms in total. The maximum atomic E-state index is 10.7. The van der Waals surface area contributed by atoms with E-state index < -0.39 is 0 Å². The van der Waals surface area contributed by atoms with Gasteiger partial charge in [-0.2, -0.15) is 0 Å². The van der Waals surface area contributed by atoms with Crippen molar-refractivity contribution in [1.82, 2.24) is 14.6 Å². The average Bonchev–Trinajstić information content (AvgIpc) is 3.58. The van der Waals surface area contributed by atoms with Gasteiger partial charge < -0.3 is 9.67 Å². The van der Waals surface area contributed by atoms with E-state index in [9.17, 15) is 10.3 Å². The highest BCUT2D eigenvalue weighted by Crippen LogP contribution is 2.14. The fourth-order valence-corrected chi connectivity index (χ4v) is 4.41. The van der Waals surface area contributed by atoms with Crippen LogP contribution >= 0.6 is 0 Å². The van der Waals surface area contributed by atoms with Crippen LogP contribution in [0.25, 0.3) is 11.5 Å². The van der Waals surface area contributed by atoms with Crippen LogP contribution < -0.4 is 10.4 Å². The van der Waals surface area contributed by atoms with Crippen LogP contribution in [0.15, 0.2) is 93.8 Å². The number of aliphatic hydroxyl groups excluding tert-OH is 1. The van der Waals surface area contributed by atoms with Crippen LogP contribution in [0.3, 0.4) is 0 Å². The zero-order chi connectivity index (χ0) is 24.9. The van der Waals surface area contributed by atoms with E-state index in [1.54, 1.807) is 12.3 Å². The second kappa shape index (κ2) is 10.6. The van der Waals surface area contributed by atoms with Crippen molar-refractivity contribution in [2.45, 2.75) is 39.3 Å². The molecule has 2 aromatic carbocycles. The number of hydroxylamine groups is 2. The summed E-state index contributed by atoms with van der Waals surface area (Å²) in [5.74, 6) is 1.41. The predicted molar refractivity (Wildman–Crippen MR) is 134 cm³/mol. The fourth-order valence-electron chi connectivity index (χ4n) is 4.41. The first-order chi connectivity index (χ1) is 17.7. The lowest BCUT2D eigenvalue weighted by molar-refractivity contribution is 0.0241. The minimum Gasteiger partial charge on any atom is -0.390 e. The Kier molecular flexibility index (Phi) is 6.92. The predicted octanol–water partition coefficient (Wildman–Crippen LogP) is 3.83. The van der Waals surface area contributed by atoms with E-state index >= 15 is 0 Å². The van der Waals surface area contributed by atoms with Crippen LogP contribution in [-0.4, -0.2) is 24.9 Å². The SMILES string of the molecule is CCCCc1nc(CO)cn1Cc1ccc(=c2ccccc2=C2N=NN=N2)c(=C2C=CC=CN2O)c1. The number of aromatic nitrogens is 2. The maximum Gasteiger partial charge on any atom is 0.207 e. The first-order valence-electron chi connectivity index (χ1n) is 12.0. The Balaban J connectivity index is 1.75. The molecule has 5 rings (SSSR count). The summed E-state index contributed by atoms with van der Waals surface area (Å²) < 4.78 is 2.10. The van der Waals surface area contributed by atoms with E-state index in [1.807, 2.05) is 42.6 Å². The Morgan fingerprint density at radius 1 is 0.917 bits per heavy atom. The summed E-state index contributed by atoms with van der Waals surface area (Å²) in [4.78, 5) is 4.61. The highest BCUT2D eigenvalue weighted by molar-refractivity contribution is 5.58. The van der Waals surface area contributed by atoms with Crippen molar-refractivity contribution >= 4 is 11.5 Å². The highest BCUT2D eigenvalue weighted by Gasteiger charge is 2.11. The third-order valence-electron chi connectivity index (χ3n) is 6.15. The Morgan fingerprint density at radius 2 is 1.69 bits per heavy atom. The fraction of sp³-hybridized carbons (Fsp3) is 0.222. The van der Waals surface area contributed by atoms with Crippen molar-refractivity contribution in [2.75, 3.05) is 0 Å². The molecule has 0 unspecified atom stereocenters. The van der Waals surface area contributed by atoms with Crippen LogP contribution in [0.4, 0.5) is 0 Å². The van der Waals surface area contributed by atoms with Crippen molar-refractivity contribution in [2.24, 2.45) is 20.7 Å². The van der Waals surface area contributed by atoms with E-state index in [1.165, 1.54) is 0 Å². The van der Waals surface area contributed by atoms with Gasteiger partial charge in [0, 0.05) is 35.8 Å². The lowest BCUT2D eigenvalue weighted by atomic mass is 10.1. The van der Waals surface area contributed by atoms with E-state index in [-0.39, 0.29) is 6.61 Å². The second-order valence-corrected chi connectivity index (χ2v) is 8.60. The maximum absolute atomic E-state index is 10.7. The average molecular weight is 482 g/mol. The summed E-state index contributed by atoms with van der Waals surface area (Å²) in [6.07, 6.45) is 12.0. The summed E-state index contributed by atoms with van der Waals surface area (Å²) in [5.41, 5.74) is 2.36. The normalized spacial score (nSPS) is 17.0. The highest BCUT2D eigenvalue weighted by atomic mass is 16.5. The molecule has 182 valence electrons. The number of nitrogens with zero attached hydrogens (tertiary/aromatic N) is 7. The van der Waals surface area contributed by atoms with E-state index in [0.717, 1.165) is 56.6 Å². The largest absolute Gasteiger partial charge is 0.390 e. The molecular formula is C27H27N7O2. The van der Waals surface area contributed by atoms with Gasteiger partial charge in [-0.05, 0) is 51.1 Å². The van der Waals surface area contributed by atoms with Gasteiger partial charge in [0.15, 0.2) is 0 Å². The number of aryl methyl sites for hydroxylation is 1. The van der Waals surface area contributed by atoms with Crippen molar-refractivity contribution in [1.29, 1.82) is 0 Å². The number of aliphatic hydroxyl groups is 1. The molecule has 2 aliphatic heterocycles. The number of rotatable bonds is 6. The third kappa shape index (κ3) is 4.79. The lowest BCUT2D eigenvalue weighted by Crippen LogP contribution is -2.22. The van der Waals surface area contributed by atoms with Gasteiger partial charge in [0.25, 0.3) is 0 Å². The number of imidazole rings is 1. The molecule has 3 heterocycles. The molecule has 0 saturated carbocycles. The summed E-state index contributed by atoms with van der Waals surface area (Å²) in [7, 11) is 0. The first-order valence-corrected chi connectivity index (χ1v) is 12.0. The Hall–Kier alpha value is -4.21. The van der Waals surface area contributed by atoms with Gasteiger partial charge in [0.1, 0.15) is 5.82 Å². The van der Waals surface area contributed by atoms with Crippen molar-refractivity contribution in [3.63, 3.8) is 0 Å². The Bertz CT molecular complexity index is 1600. The molecule has 0 aliphatic carbocycles. The smallest absolute Gasteiger partial charge is 0.207 e. The molecule has 3 aromatic rings. The monoisotopic (exact) mass is 481 g/mol. The quantitative estimate of drug-likeness (QED) is 0.557. The standard InChI is InChI=1S/C27H27N7O2/c1-2-3-11-26-28-20(18-35)17-33(26)16-19-12-13-22(24(15-19)25-10-6-7-14-34(25)36)21-8-4-5-9-23(21)27-29-31-32-30-27/h4-10,12-15,17,35-36H,2-3,11,16,18H2,1H3. The Morgan fingerprint density at radius 3 is 2.44 bits per heavy atom. The molecule has 2 N–H and O–H groups in total. The van der Waals surface area contributed by atoms with Crippen LogP contribution in [-0.2, 0) is 19.6 Å². The topological polar surface area (TPSA) is 111 Å². The molecule has 0 saturated heterocycles. The molecule has 2 aliphatic rings. The van der Waals surface area contributed by atoms with Gasteiger partial charge in [-0.1, -0.05) is 55.8 Å². The Labute approximate surface area is 207 Å². The molecule has 36 heavy (non-hydrogen) atoms. The number of hydrogen-bond donors (Lipinski definition) is 2. The molecule has 0 atom stereocenters. The third-order valence-corrected chi connectivity index (χ3v) is 6.15. The molecule has 0 amide bonds. The summed E-state index contributed by atoms with van der Waals surface area (Å²) >= 11 is 0. The molecule has 0 bridgehead atoms. The summed E-state index contributed by atoms with van der Waals surface area (Å²) in [6, 6.07) is 14.0. The first kappa shape index (κ1) is 23.5. The molecule has 9 heteroatoms. The molecular weight excluding hydrogens is 454 g/mol. The molecule has 0 radical (unpaired) electrons. The second-order valence-electron chi connectivity index (χ2n) is 8.60. The summed E-state index contributed by atoms with van der Waals surface area (Å²) in [5, 5.41) is 40.3. The summed E-state index contributed by atoms with van der Waals surface area (Å²) in [6.45, 7) is 2.66. The van der Waals surface area contributed by atoms with Gasteiger partial charge in [-0.15, -0.1) is 10.2 Å².